The normalized spacial score (nSPS) is 14.2. The molecule has 120 valence electrons. The third kappa shape index (κ3) is 2.83. The number of carbonyl (C=O) groups is 1. The lowest BCUT2D eigenvalue weighted by Crippen LogP contribution is -2.34. The molecule has 0 spiro atoms. The predicted molar refractivity (Wildman–Crippen MR) is 92.8 cm³/mol. The lowest BCUT2D eigenvalue weighted by Gasteiger charge is -2.20. The van der Waals surface area contributed by atoms with Gasteiger partial charge in [-0.25, -0.2) is 0 Å². The first-order valence-electron chi connectivity index (χ1n) is 8.11. The van der Waals surface area contributed by atoms with Gasteiger partial charge in [0.25, 0.3) is 5.91 Å². The van der Waals surface area contributed by atoms with E-state index >= 15 is 0 Å². The number of pyridine rings is 1. The first-order chi connectivity index (χ1) is 11.8. The Hall–Kier alpha value is -2.88. The molecule has 0 saturated heterocycles. The summed E-state index contributed by atoms with van der Waals surface area (Å²) in [6, 6.07) is 16.2. The van der Waals surface area contributed by atoms with E-state index in [0.29, 0.717) is 13.1 Å². The number of fused-ring (bicyclic) bond motifs is 3. The minimum Gasteiger partial charge on any atom is -0.483 e. The summed E-state index contributed by atoms with van der Waals surface area (Å²) >= 11 is 0. The van der Waals surface area contributed by atoms with Gasteiger partial charge < -0.3 is 9.64 Å². The maximum Gasteiger partial charge on any atom is 0.260 e. The maximum absolute atomic E-state index is 12.4. The highest BCUT2D eigenvalue weighted by molar-refractivity contribution is 5.89. The molecule has 0 bridgehead atoms. The zero-order chi connectivity index (χ0) is 16.4. The van der Waals surface area contributed by atoms with Gasteiger partial charge in [-0.15, -0.1) is 0 Å². The van der Waals surface area contributed by atoms with Crippen molar-refractivity contribution in [3.8, 4) is 5.75 Å². The molecule has 1 amide bonds. The summed E-state index contributed by atoms with van der Waals surface area (Å²) in [5.74, 6) is 0.838. The summed E-state index contributed by atoms with van der Waals surface area (Å²) in [5.41, 5.74) is 2.22. The fourth-order valence-electron chi connectivity index (χ4n) is 3.14. The highest BCUT2D eigenvalue weighted by Crippen LogP contribution is 2.31. The van der Waals surface area contributed by atoms with Crippen LogP contribution in [0.15, 0.2) is 60.9 Å². The molecule has 1 aliphatic heterocycles. The van der Waals surface area contributed by atoms with Crippen LogP contribution >= 0.6 is 0 Å². The van der Waals surface area contributed by atoms with E-state index in [9.17, 15) is 4.79 Å². The Bertz CT molecular complexity index is 877. The average Bonchev–Trinajstić information content (AvgIpc) is 2.80. The molecule has 1 aromatic heterocycles. The third-order valence-corrected chi connectivity index (χ3v) is 4.44. The number of aromatic nitrogens is 1. The molecule has 24 heavy (non-hydrogen) atoms. The smallest absolute Gasteiger partial charge is 0.260 e. The zero-order valence-electron chi connectivity index (χ0n) is 13.3. The molecule has 0 radical (unpaired) electrons. The molecule has 2 heterocycles. The summed E-state index contributed by atoms with van der Waals surface area (Å²) in [6.45, 7) is 1.34. The van der Waals surface area contributed by atoms with Crippen molar-refractivity contribution < 1.29 is 9.53 Å². The number of carbonyl (C=O) groups excluding carboxylic acids is 1. The number of hydrogen-bond acceptors (Lipinski definition) is 3. The number of hydrogen-bond donors (Lipinski definition) is 0. The van der Waals surface area contributed by atoms with E-state index < -0.39 is 0 Å². The molecule has 0 aliphatic carbocycles. The summed E-state index contributed by atoms with van der Waals surface area (Å²) in [4.78, 5) is 18.4. The Morgan fingerprint density at radius 3 is 2.88 bits per heavy atom. The lowest BCUT2D eigenvalue weighted by atomic mass is 10.0. The molecule has 0 N–H and O–H groups in total. The van der Waals surface area contributed by atoms with Gasteiger partial charge in [0, 0.05) is 24.5 Å². The Kier molecular flexibility index (Phi) is 3.87. The molecule has 1 aliphatic rings. The summed E-state index contributed by atoms with van der Waals surface area (Å²) in [5, 5.41) is 2.32. The third-order valence-electron chi connectivity index (χ3n) is 4.44. The number of amides is 1. The summed E-state index contributed by atoms with van der Waals surface area (Å²) < 4.78 is 5.75. The molecular formula is C20H18N2O2. The lowest BCUT2D eigenvalue weighted by molar-refractivity contribution is -0.133. The van der Waals surface area contributed by atoms with Gasteiger partial charge in [0.05, 0.1) is 6.54 Å². The van der Waals surface area contributed by atoms with Gasteiger partial charge in [-0.3, -0.25) is 9.78 Å². The minimum absolute atomic E-state index is 0.0270. The van der Waals surface area contributed by atoms with Crippen LogP contribution < -0.4 is 4.74 Å². The van der Waals surface area contributed by atoms with Gasteiger partial charge in [0.15, 0.2) is 6.61 Å². The number of benzene rings is 2. The number of rotatable bonds is 3. The Balaban J connectivity index is 1.63. The summed E-state index contributed by atoms with van der Waals surface area (Å²) in [6.07, 6.45) is 4.40. The Morgan fingerprint density at radius 1 is 1.08 bits per heavy atom. The molecule has 4 heteroatoms. The van der Waals surface area contributed by atoms with E-state index in [1.807, 2.05) is 47.5 Å². The number of nitrogens with zero attached hydrogens (tertiary/aromatic N) is 2. The SMILES string of the molecule is O=C1COc2ccc3ccccc3c2CN1CCc1cccnc1. The van der Waals surface area contributed by atoms with E-state index in [2.05, 4.69) is 17.1 Å². The largest absolute Gasteiger partial charge is 0.483 e. The van der Waals surface area contributed by atoms with E-state index in [4.69, 9.17) is 4.74 Å². The predicted octanol–water partition coefficient (Wildman–Crippen LogP) is 3.20. The molecule has 0 fully saturated rings. The quantitative estimate of drug-likeness (QED) is 0.745. The second kappa shape index (κ2) is 6.32. The Morgan fingerprint density at radius 2 is 2.00 bits per heavy atom. The zero-order valence-corrected chi connectivity index (χ0v) is 13.3. The van der Waals surface area contributed by atoms with Crippen LogP contribution in [0.5, 0.6) is 5.75 Å². The molecule has 4 rings (SSSR count). The molecule has 0 unspecified atom stereocenters. The van der Waals surface area contributed by atoms with E-state index in [1.54, 1.807) is 6.20 Å². The van der Waals surface area contributed by atoms with Crippen LogP contribution in [0.25, 0.3) is 10.8 Å². The molecule has 3 aromatic rings. The molecular weight excluding hydrogens is 300 g/mol. The van der Waals surface area contributed by atoms with Crippen LogP contribution in [0.4, 0.5) is 0 Å². The molecule has 0 atom stereocenters. The Labute approximate surface area is 140 Å². The second-order valence-electron chi connectivity index (χ2n) is 5.98. The maximum atomic E-state index is 12.4. The van der Waals surface area contributed by atoms with Gasteiger partial charge >= 0.3 is 0 Å². The fourth-order valence-corrected chi connectivity index (χ4v) is 3.14. The van der Waals surface area contributed by atoms with Crippen LogP contribution in [0.2, 0.25) is 0 Å². The van der Waals surface area contributed by atoms with Crippen molar-refractivity contribution in [1.29, 1.82) is 0 Å². The average molecular weight is 318 g/mol. The number of ether oxygens (including phenoxy) is 1. The van der Waals surface area contributed by atoms with Crippen LogP contribution in [0, 0.1) is 0 Å². The molecule has 2 aromatic carbocycles. The van der Waals surface area contributed by atoms with Crippen molar-refractivity contribution in [3.05, 3.63) is 72.1 Å². The first kappa shape index (κ1) is 14.7. The van der Waals surface area contributed by atoms with Crippen molar-refractivity contribution in [2.45, 2.75) is 13.0 Å². The molecule has 0 saturated carbocycles. The van der Waals surface area contributed by atoms with Gasteiger partial charge in [0.1, 0.15) is 5.75 Å². The van der Waals surface area contributed by atoms with Gasteiger partial charge in [-0.1, -0.05) is 36.4 Å². The van der Waals surface area contributed by atoms with E-state index in [0.717, 1.165) is 28.7 Å². The van der Waals surface area contributed by atoms with Crippen molar-refractivity contribution in [1.82, 2.24) is 9.88 Å². The fraction of sp³-hybridized carbons (Fsp3) is 0.200. The van der Waals surface area contributed by atoms with Crippen molar-refractivity contribution >= 4 is 16.7 Å². The highest BCUT2D eigenvalue weighted by Gasteiger charge is 2.22. The summed E-state index contributed by atoms with van der Waals surface area (Å²) in [7, 11) is 0. The van der Waals surface area contributed by atoms with Gasteiger partial charge in [-0.2, -0.15) is 0 Å². The van der Waals surface area contributed by atoms with E-state index in [-0.39, 0.29) is 12.5 Å². The van der Waals surface area contributed by atoms with Crippen LogP contribution in [0.1, 0.15) is 11.1 Å². The van der Waals surface area contributed by atoms with Crippen LogP contribution in [0.3, 0.4) is 0 Å². The topological polar surface area (TPSA) is 42.4 Å². The first-order valence-corrected chi connectivity index (χ1v) is 8.11. The van der Waals surface area contributed by atoms with Crippen LogP contribution in [-0.4, -0.2) is 28.9 Å². The van der Waals surface area contributed by atoms with Crippen molar-refractivity contribution in [2.75, 3.05) is 13.2 Å². The van der Waals surface area contributed by atoms with Gasteiger partial charge in [0.2, 0.25) is 0 Å². The minimum atomic E-state index is 0.0270. The standard InChI is InChI=1S/C20H18N2O2/c23-20-14-24-19-8-7-16-5-1-2-6-17(16)18(19)13-22(20)11-9-15-4-3-10-21-12-15/h1-8,10,12H,9,11,13-14H2. The monoisotopic (exact) mass is 318 g/mol. The van der Waals surface area contributed by atoms with Crippen LogP contribution in [-0.2, 0) is 17.8 Å². The van der Waals surface area contributed by atoms with Crippen molar-refractivity contribution in [3.63, 3.8) is 0 Å². The van der Waals surface area contributed by atoms with Crippen molar-refractivity contribution in [2.24, 2.45) is 0 Å². The highest BCUT2D eigenvalue weighted by atomic mass is 16.5. The second-order valence-corrected chi connectivity index (χ2v) is 5.98. The van der Waals surface area contributed by atoms with Gasteiger partial charge in [-0.05, 0) is 34.9 Å². The van der Waals surface area contributed by atoms with E-state index in [1.165, 1.54) is 5.39 Å². The molecule has 4 nitrogen and oxygen atoms in total.